The van der Waals surface area contributed by atoms with E-state index in [1.165, 1.54) is 31.4 Å². The van der Waals surface area contributed by atoms with E-state index >= 15 is 0 Å². The number of nitrogens with zero attached hydrogens (tertiary/aromatic N) is 2. The molecule has 170 valence electrons. The lowest BCUT2D eigenvalue weighted by Gasteiger charge is -2.34. The van der Waals surface area contributed by atoms with Crippen LogP contribution in [0.2, 0.25) is 0 Å². The normalized spacial score (nSPS) is 18.2. The third-order valence-electron chi connectivity index (χ3n) is 6.48. The number of carbonyl (C=O) groups excluding carboxylic acids is 1. The third-order valence-corrected chi connectivity index (χ3v) is 6.48. The van der Waals surface area contributed by atoms with Crippen LogP contribution in [-0.4, -0.2) is 48.0 Å². The van der Waals surface area contributed by atoms with Gasteiger partial charge in [0.1, 0.15) is 5.75 Å². The number of carbonyl (C=O) groups is 1. The molecule has 1 aliphatic heterocycles. The van der Waals surface area contributed by atoms with E-state index in [4.69, 9.17) is 4.74 Å². The predicted octanol–water partition coefficient (Wildman–Crippen LogP) is 5.89. The van der Waals surface area contributed by atoms with Gasteiger partial charge in [-0.2, -0.15) is 0 Å². The standard InChI is InChI=1S/C26H44N2O2/c1-5-8-13-24(6-2)26(29)28(20-11-19-27-18-10-9-12-22(27)4)21-23-14-16-25(17-15-23)30-7-3/h14-17,22,24H,5-13,18-21H2,1-4H3. The van der Waals surface area contributed by atoms with Gasteiger partial charge in [0.05, 0.1) is 6.61 Å². The summed E-state index contributed by atoms with van der Waals surface area (Å²) in [6.45, 7) is 13.2. The molecule has 1 amide bonds. The van der Waals surface area contributed by atoms with Crippen molar-refractivity contribution in [3.8, 4) is 5.75 Å². The second-order valence-corrected chi connectivity index (χ2v) is 8.82. The largest absolute Gasteiger partial charge is 0.494 e. The van der Waals surface area contributed by atoms with Crippen molar-refractivity contribution in [2.24, 2.45) is 5.92 Å². The molecule has 30 heavy (non-hydrogen) atoms. The molecule has 1 saturated heterocycles. The Labute approximate surface area is 185 Å². The molecule has 4 nitrogen and oxygen atoms in total. The molecular formula is C26H44N2O2. The monoisotopic (exact) mass is 416 g/mol. The number of rotatable bonds is 13. The number of benzene rings is 1. The van der Waals surface area contributed by atoms with Crippen LogP contribution in [0.3, 0.4) is 0 Å². The van der Waals surface area contributed by atoms with Crippen molar-refractivity contribution in [3.05, 3.63) is 29.8 Å². The fourth-order valence-corrected chi connectivity index (χ4v) is 4.51. The number of ether oxygens (including phenoxy) is 1. The van der Waals surface area contributed by atoms with Crippen LogP contribution in [-0.2, 0) is 11.3 Å². The van der Waals surface area contributed by atoms with Crippen LogP contribution in [0.25, 0.3) is 0 Å². The van der Waals surface area contributed by atoms with E-state index in [0.29, 0.717) is 25.1 Å². The van der Waals surface area contributed by atoms with Crippen LogP contribution < -0.4 is 4.74 Å². The highest BCUT2D eigenvalue weighted by atomic mass is 16.5. The van der Waals surface area contributed by atoms with Crippen LogP contribution in [0.5, 0.6) is 5.75 Å². The van der Waals surface area contributed by atoms with Gasteiger partial charge in [0.25, 0.3) is 0 Å². The van der Waals surface area contributed by atoms with Crippen LogP contribution >= 0.6 is 0 Å². The molecule has 2 rings (SSSR count). The van der Waals surface area contributed by atoms with Crippen LogP contribution in [0.1, 0.15) is 84.6 Å². The highest BCUT2D eigenvalue weighted by Crippen LogP contribution is 2.21. The summed E-state index contributed by atoms with van der Waals surface area (Å²) in [6.07, 6.45) is 9.25. The molecule has 1 aromatic carbocycles. The molecule has 2 unspecified atom stereocenters. The number of unbranched alkanes of at least 4 members (excludes halogenated alkanes) is 1. The third kappa shape index (κ3) is 7.94. The van der Waals surface area contributed by atoms with Crippen molar-refractivity contribution in [1.29, 1.82) is 0 Å². The van der Waals surface area contributed by atoms with Gasteiger partial charge in [-0.15, -0.1) is 0 Å². The zero-order chi connectivity index (χ0) is 21.8. The summed E-state index contributed by atoms with van der Waals surface area (Å²) in [5.74, 6) is 1.39. The highest BCUT2D eigenvalue weighted by molar-refractivity contribution is 5.78. The maximum atomic E-state index is 13.4. The fourth-order valence-electron chi connectivity index (χ4n) is 4.51. The lowest BCUT2D eigenvalue weighted by Crippen LogP contribution is -2.41. The molecule has 0 spiro atoms. The van der Waals surface area contributed by atoms with E-state index in [0.717, 1.165) is 50.9 Å². The number of hydrogen-bond donors (Lipinski definition) is 0. The molecule has 1 aromatic rings. The van der Waals surface area contributed by atoms with Crippen LogP contribution in [0.15, 0.2) is 24.3 Å². The summed E-state index contributed by atoms with van der Waals surface area (Å²) in [5.41, 5.74) is 1.18. The van der Waals surface area contributed by atoms with Crippen LogP contribution in [0, 0.1) is 5.92 Å². The first-order chi connectivity index (χ1) is 14.6. The maximum Gasteiger partial charge on any atom is 0.225 e. The Hall–Kier alpha value is -1.55. The van der Waals surface area contributed by atoms with Crippen molar-refractivity contribution in [2.75, 3.05) is 26.2 Å². The van der Waals surface area contributed by atoms with Crippen LogP contribution in [0.4, 0.5) is 0 Å². The molecule has 0 N–H and O–H groups in total. The van der Waals surface area contributed by atoms with Gasteiger partial charge in [-0.25, -0.2) is 0 Å². The van der Waals surface area contributed by atoms with Gasteiger partial charge >= 0.3 is 0 Å². The van der Waals surface area contributed by atoms with E-state index in [1.807, 2.05) is 19.1 Å². The average molecular weight is 417 g/mol. The van der Waals surface area contributed by atoms with E-state index in [9.17, 15) is 4.79 Å². The minimum atomic E-state index is 0.154. The lowest BCUT2D eigenvalue weighted by atomic mass is 9.97. The van der Waals surface area contributed by atoms with E-state index < -0.39 is 0 Å². The van der Waals surface area contributed by atoms with Gasteiger partial charge in [0, 0.05) is 31.6 Å². The highest BCUT2D eigenvalue weighted by Gasteiger charge is 2.23. The van der Waals surface area contributed by atoms with Gasteiger partial charge in [0.15, 0.2) is 0 Å². The lowest BCUT2D eigenvalue weighted by molar-refractivity contribution is -0.136. The number of hydrogen-bond acceptors (Lipinski definition) is 3. The smallest absolute Gasteiger partial charge is 0.225 e. The minimum Gasteiger partial charge on any atom is -0.494 e. The Morgan fingerprint density at radius 2 is 1.93 bits per heavy atom. The Kier molecular flexibility index (Phi) is 11.3. The number of likely N-dealkylation sites (tertiary alicyclic amines) is 1. The Balaban J connectivity index is 2.01. The van der Waals surface area contributed by atoms with Gasteiger partial charge < -0.3 is 14.5 Å². The molecule has 0 saturated carbocycles. The van der Waals surface area contributed by atoms with Crippen molar-refractivity contribution in [2.45, 2.75) is 91.6 Å². The molecule has 0 bridgehead atoms. The summed E-state index contributed by atoms with van der Waals surface area (Å²) in [4.78, 5) is 18.1. The molecule has 1 heterocycles. The zero-order valence-corrected chi connectivity index (χ0v) is 19.9. The van der Waals surface area contributed by atoms with Crippen molar-refractivity contribution in [3.63, 3.8) is 0 Å². The van der Waals surface area contributed by atoms with Crippen molar-refractivity contribution < 1.29 is 9.53 Å². The van der Waals surface area contributed by atoms with Crippen molar-refractivity contribution >= 4 is 5.91 Å². The van der Waals surface area contributed by atoms with E-state index in [1.54, 1.807) is 0 Å². The van der Waals surface area contributed by atoms with Crippen molar-refractivity contribution in [1.82, 2.24) is 9.80 Å². The quantitative estimate of drug-likeness (QED) is 0.402. The Morgan fingerprint density at radius 1 is 1.17 bits per heavy atom. The topological polar surface area (TPSA) is 32.8 Å². The summed E-state index contributed by atoms with van der Waals surface area (Å²) in [5, 5.41) is 0. The maximum absolute atomic E-state index is 13.4. The van der Waals surface area contributed by atoms with Gasteiger partial charge in [0.2, 0.25) is 5.91 Å². The molecule has 0 radical (unpaired) electrons. The first kappa shape index (κ1) is 24.7. The molecule has 0 aliphatic carbocycles. The zero-order valence-electron chi connectivity index (χ0n) is 19.9. The van der Waals surface area contributed by atoms with Gasteiger partial charge in [-0.05, 0) is 70.2 Å². The first-order valence-electron chi connectivity index (χ1n) is 12.3. The second kappa shape index (κ2) is 13.7. The first-order valence-corrected chi connectivity index (χ1v) is 12.3. The molecule has 4 heteroatoms. The molecule has 2 atom stereocenters. The van der Waals surface area contributed by atoms with E-state index in [-0.39, 0.29) is 5.92 Å². The number of amides is 1. The fraction of sp³-hybridized carbons (Fsp3) is 0.731. The number of piperidine rings is 1. The summed E-state index contributed by atoms with van der Waals surface area (Å²) in [7, 11) is 0. The van der Waals surface area contributed by atoms with Gasteiger partial charge in [-0.3, -0.25) is 4.79 Å². The second-order valence-electron chi connectivity index (χ2n) is 8.82. The summed E-state index contributed by atoms with van der Waals surface area (Å²) in [6, 6.07) is 8.92. The van der Waals surface area contributed by atoms with Gasteiger partial charge in [-0.1, -0.05) is 45.2 Å². The average Bonchev–Trinajstić information content (AvgIpc) is 2.76. The summed E-state index contributed by atoms with van der Waals surface area (Å²) < 4.78 is 5.57. The molecular weight excluding hydrogens is 372 g/mol. The molecule has 1 fully saturated rings. The van der Waals surface area contributed by atoms with E-state index in [2.05, 4.69) is 42.7 Å². The Bertz CT molecular complexity index is 602. The minimum absolute atomic E-state index is 0.154. The Morgan fingerprint density at radius 3 is 2.57 bits per heavy atom. The molecule has 1 aliphatic rings. The SMILES string of the molecule is CCCCC(CC)C(=O)N(CCCN1CCCCC1C)Cc1ccc(OCC)cc1. The molecule has 0 aromatic heterocycles. The summed E-state index contributed by atoms with van der Waals surface area (Å²) >= 11 is 0. The predicted molar refractivity (Wildman–Crippen MR) is 126 cm³/mol.